The lowest BCUT2D eigenvalue weighted by molar-refractivity contribution is -0.141. The number of nitrogens with one attached hydrogen (secondary N) is 2. The molecule has 1 heterocycles. The third kappa shape index (κ3) is 9.77. The van der Waals surface area contributed by atoms with Gasteiger partial charge < -0.3 is 19.5 Å². The van der Waals surface area contributed by atoms with Gasteiger partial charge in [-0.3, -0.25) is 19.4 Å². The summed E-state index contributed by atoms with van der Waals surface area (Å²) in [5.74, 6) is -2.48. The van der Waals surface area contributed by atoms with Crippen molar-refractivity contribution in [3.8, 4) is 5.75 Å². The Hall–Kier alpha value is -4.98. The number of hydrogen-bond donors (Lipinski definition) is 2. The number of allylic oxidation sites excluding steroid dienone is 2. The van der Waals surface area contributed by atoms with Crippen LogP contribution in [0.3, 0.4) is 0 Å². The molecule has 2 atom stereocenters. The Labute approximate surface area is 280 Å². The summed E-state index contributed by atoms with van der Waals surface area (Å²) in [6, 6.07) is 13.7. The maximum atomic E-state index is 13.7. The molecule has 2 aliphatic rings. The molecule has 1 saturated carbocycles. The topological polar surface area (TPSA) is 170 Å². The molecule has 1 aliphatic carbocycles. The number of carbonyl (C=O) groups is 4. The van der Waals surface area contributed by atoms with Gasteiger partial charge in [0.25, 0.3) is 0 Å². The van der Waals surface area contributed by atoms with Gasteiger partial charge in [-0.2, -0.15) is 8.42 Å². The maximum absolute atomic E-state index is 13.7. The predicted octanol–water partition coefficient (Wildman–Crippen LogP) is 4.46. The molecular formula is C34H40N4O9S. The molecule has 1 aliphatic heterocycles. The second kappa shape index (κ2) is 15.7. The average molecular weight is 681 g/mol. The van der Waals surface area contributed by atoms with E-state index < -0.39 is 46.3 Å². The smallest absolute Gasteiger partial charge is 0.422 e. The van der Waals surface area contributed by atoms with E-state index in [1.807, 2.05) is 35.1 Å². The average Bonchev–Trinajstić information content (AvgIpc) is 3.30. The summed E-state index contributed by atoms with van der Waals surface area (Å²) in [6.45, 7) is 5.47. The molecule has 0 bridgehead atoms. The summed E-state index contributed by atoms with van der Waals surface area (Å²) in [5, 5.41) is 3.01. The van der Waals surface area contributed by atoms with Gasteiger partial charge in [-0.15, -0.1) is 0 Å². The second-order valence-electron chi connectivity index (χ2n) is 12.1. The first-order valence-electron chi connectivity index (χ1n) is 15.5. The minimum Gasteiger partial charge on any atom is -0.487 e. The summed E-state index contributed by atoms with van der Waals surface area (Å²) in [6.07, 6.45) is 5.56. The number of amides is 1. The van der Waals surface area contributed by atoms with E-state index in [2.05, 4.69) is 10.3 Å². The van der Waals surface area contributed by atoms with E-state index in [1.54, 1.807) is 64.5 Å². The lowest BCUT2D eigenvalue weighted by Crippen LogP contribution is -2.47. The molecule has 1 fully saturated rings. The Balaban J connectivity index is 1.86. The summed E-state index contributed by atoms with van der Waals surface area (Å²) in [4.78, 5) is 55.8. The molecule has 0 radical (unpaired) electrons. The minimum absolute atomic E-state index is 0.00190. The first-order valence-corrected chi connectivity index (χ1v) is 16.9. The lowest BCUT2D eigenvalue weighted by atomic mass is 9.74. The number of carbonyl (C=O) groups excluding carboxylic acids is 4. The first-order chi connectivity index (χ1) is 22.8. The molecule has 1 amide bonds. The van der Waals surface area contributed by atoms with E-state index in [4.69, 9.17) is 14.2 Å². The fraction of sp³-hybridized carbons (Fsp3) is 0.382. The number of nitrogens with zero attached hydrogens (tertiary/aromatic N) is 2. The molecule has 48 heavy (non-hydrogen) atoms. The highest BCUT2D eigenvalue weighted by Crippen LogP contribution is 2.42. The van der Waals surface area contributed by atoms with Crippen molar-refractivity contribution in [1.29, 1.82) is 0 Å². The summed E-state index contributed by atoms with van der Waals surface area (Å²) < 4.78 is 46.5. The van der Waals surface area contributed by atoms with Crippen molar-refractivity contribution in [2.24, 2.45) is 10.9 Å². The second-order valence-corrected chi connectivity index (χ2v) is 13.7. The van der Waals surface area contributed by atoms with Gasteiger partial charge in [0.05, 0.1) is 18.0 Å². The van der Waals surface area contributed by atoms with Crippen molar-refractivity contribution < 1.29 is 41.8 Å². The highest BCUT2D eigenvalue weighted by atomic mass is 32.2. The Bertz CT molecular complexity index is 1710. The van der Waals surface area contributed by atoms with Crippen LogP contribution in [0.4, 0.5) is 10.5 Å². The van der Waals surface area contributed by atoms with Crippen LogP contribution in [0.5, 0.6) is 5.75 Å². The van der Waals surface area contributed by atoms with Crippen LogP contribution in [0.1, 0.15) is 64.0 Å². The summed E-state index contributed by atoms with van der Waals surface area (Å²) in [5.41, 5.74) is 0.634. The minimum atomic E-state index is -4.78. The van der Waals surface area contributed by atoms with Crippen LogP contribution in [0.15, 0.2) is 77.7 Å². The molecule has 0 saturated heterocycles. The third-order valence-electron chi connectivity index (χ3n) is 7.29. The van der Waals surface area contributed by atoms with Crippen molar-refractivity contribution in [1.82, 2.24) is 10.0 Å². The highest BCUT2D eigenvalue weighted by Gasteiger charge is 2.38. The predicted molar refractivity (Wildman–Crippen MR) is 178 cm³/mol. The molecule has 2 aromatic rings. The van der Waals surface area contributed by atoms with Crippen molar-refractivity contribution in [2.75, 3.05) is 17.5 Å². The van der Waals surface area contributed by atoms with Gasteiger partial charge in [0.2, 0.25) is 0 Å². The summed E-state index contributed by atoms with van der Waals surface area (Å²) >= 11 is 0. The van der Waals surface area contributed by atoms with Crippen molar-refractivity contribution >= 4 is 45.7 Å². The zero-order valence-electron chi connectivity index (χ0n) is 27.3. The number of hydrogen-bond acceptors (Lipinski definition) is 11. The van der Waals surface area contributed by atoms with Gasteiger partial charge in [0, 0.05) is 49.7 Å². The number of esters is 1. The normalized spacial score (nSPS) is 17.0. The monoisotopic (exact) mass is 680 g/mol. The van der Waals surface area contributed by atoms with E-state index in [9.17, 15) is 27.6 Å². The van der Waals surface area contributed by atoms with Crippen LogP contribution in [0.25, 0.3) is 0 Å². The first kappa shape index (κ1) is 35.9. The van der Waals surface area contributed by atoms with Gasteiger partial charge in [0.15, 0.2) is 0 Å². The molecule has 256 valence electrons. The van der Waals surface area contributed by atoms with Gasteiger partial charge in [-0.25, -0.2) is 13.8 Å². The van der Waals surface area contributed by atoms with E-state index in [0.717, 1.165) is 5.56 Å². The van der Waals surface area contributed by atoms with Gasteiger partial charge >= 0.3 is 22.3 Å². The zero-order chi connectivity index (χ0) is 34.9. The molecule has 14 heteroatoms. The van der Waals surface area contributed by atoms with Crippen LogP contribution in [-0.4, -0.2) is 57.0 Å². The van der Waals surface area contributed by atoms with Crippen LogP contribution in [0, 0.1) is 5.92 Å². The fourth-order valence-electron chi connectivity index (χ4n) is 5.25. The Kier molecular flexibility index (Phi) is 11.8. The molecule has 4 rings (SSSR count). The van der Waals surface area contributed by atoms with E-state index in [0.29, 0.717) is 15.6 Å². The molecular weight excluding hydrogens is 640 g/mol. The lowest BCUT2D eigenvalue weighted by Gasteiger charge is -2.31. The zero-order valence-corrected chi connectivity index (χ0v) is 28.1. The Morgan fingerprint density at radius 3 is 2.56 bits per heavy atom. The number of ether oxygens (including phenoxy) is 3. The fourth-order valence-corrected chi connectivity index (χ4v) is 6.30. The Morgan fingerprint density at radius 2 is 1.85 bits per heavy atom. The number of rotatable bonds is 12. The van der Waals surface area contributed by atoms with Crippen molar-refractivity contribution in [2.45, 2.75) is 65.1 Å². The largest absolute Gasteiger partial charge is 0.487 e. The van der Waals surface area contributed by atoms with Crippen LogP contribution >= 0.6 is 0 Å². The van der Waals surface area contributed by atoms with E-state index >= 15 is 0 Å². The van der Waals surface area contributed by atoms with Gasteiger partial charge in [-0.05, 0) is 57.0 Å². The van der Waals surface area contributed by atoms with Gasteiger partial charge in [-0.1, -0.05) is 36.4 Å². The van der Waals surface area contributed by atoms with Crippen molar-refractivity contribution in [3.05, 3.63) is 83.8 Å². The number of benzene rings is 2. The number of Topliss-reactive ketones (excluding diaryl/α,β-unsaturated/α-hetero) is 2. The number of ketones is 2. The molecule has 0 spiro atoms. The van der Waals surface area contributed by atoms with Crippen LogP contribution in [-0.2, 0) is 40.7 Å². The number of aliphatic imine (C=N–C) groups is 1. The molecule has 13 nitrogen and oxygen atoms in total. The molecule has 2 aromatic carbocycles. The van der Waals surface area contributed by atoms with E-state index in [1.165, 1.54) is 6.07 Å². The number of anilines is 1. The van der Waals surface area contributed by atoms with Crippen molar-refractivity contribution in [3.63, 3.8) is 0 Å². The van der Waals surface area contributed by atoms with Gasteiger partial charge in [0.1, 0.15) is 36.1 Å². The molecule has 0 aromatic heterocycles. The molecule has 2 N–H and O–H groups in total. The SMILES string of the molecule is CCOC(=O)CN(c1ccc(C(C2=CNC=CC=N2)C2CC(=O)CCC2=O)cc1OCc1ccccc1)S(=O)(=O)NC(=O)OC(C)(C)C. The maximum Gasteiger partial charge on any atom is 0.422 e. The quantitative estimate of drug-likeness (QED) is 0.305. The van der Waals surface area contributed by atoms with Crippen LogP contribution < -0.4 is 19.1 Å². The van der Waals surface area contributed by atoms with E-state index in [-0.39, 0.29) is 55.5 Å². The third-order valence-corrected chi connectivity index (χ3v) is 8.62. The van der Waals surface area contributed by atoms with Crippen LogP contribution in [0.2, 0.25) is 0 Å². The standard InChI is InChI=1S/C34H40N4O9S/c1-5-45-31(41)21-38(48(43,44)37-33(42)47-34(2,3)4)28-14-12-24(18-30(28)46-22-23-10-7-6-8-11-23)32(27-20-35-16-9-17-36-27)26-19-25(39)13-15-29(26)40/h6-12,14,16-18,20,26,32,35H,5,13,15,19,21-22H2,1-4H3,(H,37,42). The Morgan fingerprint density at radius 1 is 1.10 bits per heavy atom. The highest BCUT2D eigenvalue weighted by molar-refractivity contribution is 7.91. The summed E-state index contributed by atoms with van der Waals surface area (Å²) in [7, 11) is -4.78. The molecule has 2 unspecified atom stereocenters.